The molecule has 1 heterocycles. The standard InChI is InChI=1S/C10H12F3NO5/c1-2-3-18-9(17)14-4-7(10(11,12)13)19-5-6(14)8(15)16/h2,6-7H,1,3-5H2,(H,15,16)/t6-,7+/m0/s1. The molecule has 0 unspecified atom stereocenters. The van der Waals surface area contributed by atoms with E-state index in [1.807, 2.05) is 0 Å². The lowest BCUT2D eigenvalue weighted by Gasteiger charge is -2.37. The number of morpholine rings is 1. The summed E-state index contributed by atoms with van der Waals surface area (Å²) >= 11 is 0. The van der Waals surface area contributed by atoms with E-state index in [0.717, 1.165) is 0 Å². The molecule has 0 spiro atoms. The molecule has 1 rings (SSSR count). The summed E-state index contributed by atoms with van der Waals surface area (Å²) in [4.78, 5) is 22.9. The van der Waals surface area contributed by atoms with Crippen LogP contribution in [0, 0.1) is 0 Å². The number of nitrogens with zero attached hydrogens (tertiary/aromatic N) is 1. The van der Waals surface area contributed by atoms with Gasteiger partial charge in [0.05, 0.1) is 13.2 Å². The van der Waals surface area contributed by atoms with Gasteiger partial charge in [0, 0.05) is 0 Å². The van der Waals surface area contributed by atoms with E-state index in [2.05, 4.69) is 16.1 Å². The molecule has 1 N–H and O–H groups in total. The van der Waals surface area contributed by atoms with Crippen molar-refractivity contribution >= 4 is 12.1 Å². The van der Waals surface area contributed by atoms with Crippen molar-refractivity contribution in [1.29, 1.82) is 0 Å². The van der Waals surface area contributed by atoms with Crippen LogP contribution in [-0.2, 0) is 14.3 Å². The Bertz CT molecular complexity index is 371. The highest BCUT2D eigenvalue weighted by Gasteiger charge is 2.48. The second kappa shape index (κ2) is 5.91. The molecule has 1 fully saturated rings. The number of hydrogen-bond donors (Lipinski definition) is 1. The highest BCUT2D eigenvalue weighted by atomic mass is 19.4. The minimum atomic E-state index is -4.68. The quantitative estimate of drug-likeness (QED) is 0.783. The zero-order valence-corrected chi connectivity index (χ0v) is 9.72. The van der Waals surface area contributed by atoms with E-state index < -0.39 is 43.5 Å². The van der Waals surface area contributed by atoms with Gasteiger partial charge in [-0.1, -0.05) is 12.7 Å². The molecule has 1 aliphatic rings. The third-order valence-corrected chi connectivity index (χ3v) is 2.40. The van der Waals surface area contributed by atoms with Gasteiger partial charge in [-0.15, -0.1) is 0 Å². The smallest absolute Gasteiger partial charge is 0.416 e. The maximum absolute atomic E-state index is 12.5. The van der Waals surface area contributed by atoms with Crippen LogP contribution in [0.5, 0.6) is 0 Å². The van der Waals surface area contributed by atoms with Crippen LogP contribution >= 0.6 is 0 Å². The van der Waals surface area contributed by atoms with Gasteiger partial charge in [0.1, 0.15) is 6.61 Å². The van der Waals surface area contributed by atoms with Crippen LogP contribution in [-0.4, -0.2) is 60.1 Å². The number of aliphatic carboxylic acids is 1. The zero-order valence-electron chi connectivity index (χ0n) is 9.72. The molecular formula is C10H12F3NO5. The van der Waals surface area contributed by atoms with E-state index in [1.165, 1.54) is 6.08 Å². The summed E-state index contributed by atoms with van der Waals surface area (Å²) in [5, 5.41) is 8.84. The van der Waals surface area contributed by atoms with Crippen molar-refractivity contribution in [2.24, 2.45) is 0 Å². The van der Waals surface area contributed by atoms with Gasteiger partial charge in [0.25, 0.3) is 0 Å². The minimum absolute atomic E-state index is 0.223. The maximum atomic E-state index is 12.5. The SMILES string of the molecule is C=CCOC(=O)N1C[C@H](C(F)(F)F)OC[C@H]1C(=O)O. The van der Waals surface area contributed by atoms with Gasteiger partial charge in [0.2, 0.25) is 0 Å². The van der Waals surface area contributed by atoms with E-state index in [0.29, 0.717) is 4.90 Å². The molecule has 0 saturated carbocycles. The Balaban J connectivity index is 2.81. The van der Waals surface area contributed by atoms with Crippen molar-refractivity contribution in [3.05, 3.63) is 12.7 Å². The number of rotatable bonds is 3. The summed E-state index contributed by atoms with van der Waals surface area (Å²) in [6, 6.07) is -1.50. The number of ether oxygens (including phenoxy) is 2. The van der Waals surface area contributed by atoms with Crippen LogP contribution in [0.3, 0.4) is 0 Å². The van der Waals surface area contributed by atoms with Crippen LogP contribution in [0.1, 0.15) is 0 Å². The van der Waals surface area contributed by atoms with Gasteiger partial charge in [-0.2, -0.15) is 13.2 Å². The van der Waals surface area contributed by atoms with E-state index in [1.54, 1.807) is 0 Å². The molecule has 1 saturated heterocycles. The van der Waals surface area contributed by atoms with Gasteiger partial charge in [-0.05, 0) is 0 Å². The number of halogens is 3. The van der Waals surface area contributed by atoms with Crippen molar-refractivity contribution in [2.75, 3.05) is 19.8 Å². The Morgan fingerprint density at radius 2 is 2.16 bits per heavy atom. The number of carboxylic acid groups (broad SMARTS) is 1. The number of carbonyl (C=O) groups is 2. The van der Waals surface area contributed by atoms with Crippen molar-refractivity contribution in [2.45, 2.75) is 18.3 Å². The molecule has 0 bridgehead atoms. The normalized spacial score (nSPS) is 23.8. The van der Waals surface area contributed by atoms with Crippen molar-refractivity contribution < 1.29 is 37.3 Å². The van der Waals surface area contributed by atoms with Crippen LogP contribution in [0.15, 0.2) is 12.7 Å². The van der Waals surface area contributed by atoms with Crippen LogP contribution in [0.25, 0.3) is 0 Å². The van der Waals surface area contributed by atoms with Gasteiger partial charge in [0.15, 0.2) is 12.1 Å². The third kappa shape index (κ3) is 3.85. The summed E-state index contributed by atoms with van der Waals surface area (Å²) < 4.78 is 46.5. The van der Waals surface area contributed by atoms with Crippen LogP contribution < -0.4 is 0 Å². The maximum Gasteiger partial charge on any atom is 0.416 e. The molecule has 0 aromatic heterocycles. The van der Waals surface area contributed by atoms with Crippen molar-refractivity contribution in [3.8, 4) is 0 Å². The first-order valence-corrected chi connectivity index (χ1v) is 5.22. The van der Waals surface area contributed by atoms with E-state index in [-0.39, 0.29) is 6.61 Å². The summed E-state index contributed by atoms with van der Waals surface area (Å²) in [5.74, 6) is -1.46. The number of carboxylic acids is 1. The fourth-order valence-electron chi connectivity index (χ4n) is 1.47. The molecule has 0 aromatic carbocycles. The second-order valence-corrected chi connectivity index (χ2v) is 3.74. The van der Waals surface area contributed by atoms with Gasteiger partial charge >= 0.3 is 18.2 Å². The lowest BCUT2D eigenvalue weighted by Crippen LogP contribution is -2.58. The first-order chi connectivity index (χ1) is 8.77. The molecule has 0 aromatic rings. The fraction of sp³-hybridized carbons (Fsp3) is 0.600. The predicted octanol–water partition coefficient (Wildman–Crippen LogP) is 1.03. The Labute approximate surface area is 106 Å². The van der Waals surface area contributed by atoms with Crippen LogP contribution in [0.2, 0.25) is 0 Å². The first kappa shape index (κ1) is 15.3. The van der Waals surface area contributed by atoms with Crippen molar-refractivity contribution in [3.63, 3.8) is 0 Å². The van der Waals surface area contributed by atoms with Gasteiger partial charge in [-0.3, -0.25) is 4.90 Å². The number of hydrogen-bond acceptors (Lipinski definition) is 4. The zero-order chi connectivity index (χ0) is 14.6. The van der Waals surface area contributed by atoms with Gasteiger partial charge in [-0.25, -0.2) is 9.59 Å². The molecule has 108 valence electrons. The van der Waals surface area contributed by atoms with Crippen LogP contribution in [0.4, 0.5) is 18.0 Å². The molecular weight excluding hydrogens is 271 g/mol. The Morgan fingerprint density at radius 3 is 2.63 bits per heavy atom. The van der Waals surface area contributed by atoms with Crippen molar-refractivity contribution in [1.82, 2.24) is 4.90 Å². The average Bonchev–Trinajstić information content (AvgIpc) is 2.33. The topological polar surface area (TPSA) is 76.1 Å². The number of alkyl halides is 3. The Hall–Kier alpha value is -1.77. The summed E-state index contributed by atoms with van der Waals surface area (Å²) in [6.07, 6.45) is -6.83. The Morgan fingerprint density at radius 1 is 1.53 bits per heavy atom. The van der Waals surface area contributed by atoms with E-state index in [9.17, 15) is 22.8 Å². The highest BCUT2D eigenvalue weighted by molar-refractivity contribution is 5.80. The first-order valence-electron chi connectivity index (χ1n) is 5.22. The monoisotopic (exact) mass is 283 g/mol. The minimum Gasteiger partial charge on any atom is -0.480 e. The molecule has 1 aliphatic heterocycles. The fourth-order valence-corrected chi connectivity index (χ4v) is 1.47. The largest absolute Gasteiger partial charge is 0.480 e. The average molecular weight is 283 g/mol. The highest BCUT2D eigenvalue weighted by Crippen LogP contribution is 2.27. The lowest BCUT2D eigenvalue weighted by molar-refractivity contribution is -0.242. The third-order valence-electron chi connectivity index (χ3n) is 2.40. The molecule has 19 heavy (non-hydrogen) atoms. The number of carbonyl (C=O) groups excluding carboxylic acids is 1. The van der Waals surface area contributed by atoms with E-state index in [4.69, 9.17) is 5.11 Å². The summed E-state index contributed by atoms with van der Waals surface area (Å²) in [5.41, 5.74) is 0. The molecule has 0 radical (unpaired) electrons. The molecule has 9 heteroatoms. The van der Waals surface area contributed by atoms with Gasteiger partial charge < -0.3 is 14.6 Å². The molecule has 0 aliphatic carbocycles. The second-order valence-electron chi connectivity index (χ2n) is 3.74. The summed E-state index contributed by atoms with van der Waals surface area (Å²) in [7, 11) is 0. The Kier molecular flexibility index (Phi) is 4.76. The lowest BCUT2D eigenvalue weighted by atomic mass is 10.2. The summed E-state index contributed by atoms with van der Waals surface area (Å²) in [6.45, 7) is 1.38. The molecule has 1 amide bonds. The predicted molar refractivity (Wildman–Crippen MR) is 55.5 cm³/mol. The number of amides is 1. The van der Waals surface area contributed by atoms with E-state index >= 15 is 0 Å². The molecule has 2 atom stereocenters. The molecule has 6 nitrogen and oxygen atoms in total.